The van der Waals surface area contributed by atoms with Crippen molar-refractivity contribution in [2.24, 2.45) is 5.73 Å². The third-order valence-corrected chi connectivity index (χ3v) is 3.16. The molecule has 3 atom stereocenters. The van der Waals surface area contributed by atoms with Crippen molar-refractivity contribution in [3.63, 3.8) is 0 Å². The van der Waals surface area contributed by atoms with E-state index in [9.17, 15) is 14.3 Å². The third kappa shape index (κ3) is 4.28. The quantitative estimate of drug-likeness (QED) is 0.875. The van der Waals surface area contributed by atoms with E-state index in [0.29, 0.717) is 12.1 Å². The first-order valence-corrected chi connectivity index (χ1v) is 5.86. The highest BCUT2D eigenvalue weighted by Crippen LogP contribution is 2.22. The molecule has 3 N–H and O–H groups in total. The maximum absolute atomic E-state index is 13.2. The van der Waals surface area contributed by atoms with E-state index >= 15 is 0 Å². The summed E-state index contributed by atoms with van der Waals surface area (Å²) in [7, 11) is 0. The van der Waals surface area contributed by atoms with E-state index < -0.39 is 18.4 Å². The summed E-state index contributed by atoms with van der Waals surface area (Å²) in [6.45, 7) is 0.310. The van der Waals surface area contributed by atoms with Crippen LogP contribution in [-0.4, -0.2) is 39.8 Å². The van der Waals surface area contributed by atoms with Gasteiger partial charge in [-0.1, -0.05) is 0 Å². The number of carbonyl (C=O) groups is 1. The van der Waals surface area contributed by atoms with Gasteiger partial charge in [0.15, 0.2) is 0 Å². The smallest absolute Gasteiger partial charge is 0.226 e. The number of hydrogen-bond acceptors (Lipinski definition) is 4. The molecule has 0 radical (unpaired) electrons. The molecule has 1 saturated heterocycles. The third-order valence-electron chi connectivity index (χ3n) is 3.16. The zero-order valence-corrected chi connectivity index (χ0v) is 12.3. The molecular weight excluding hydrogens is 308 g/mol. The van der Waals surface area contributed by atoms with Crippen molar-refractivity contribution in [2.75, 3.05) is 6.54 Å². The lowest BCUT2D eigenvalue weighted by atomic mass is 10.1. The second kappa shape index (κ2) is 8.36. The number of nitrogens with two attached hydrogens (primary N) is 1. The largest absolute Gasteiger partial charge is 0.388 e. The number of hydrogen-bond donors (Lipinski definition) is 2. The summed E-state index contributed by atoms with van der Waals surface area (Å²) < 4.78 is 13.2. The number of rotatable bonds is 3. The summed E-state index contributed by atoms with van der Waals surface area (Å²) in [6, 6.07) is 3.28. The average Bonchev–Trinajstić information content (AvgIpc) is 2.71. The fourth-order valence-electron chi connectivity index (χ4n) is 2.05. The molecule has 0 saturated carbocycles. The Labute approximate surface area is 129 Å². The fraction of sp³-hybridized carbons (Fsp3) is 0.500. The summed E-state index contributed by atoms with van der Waals surface area (Å²) in [4.78, 5) is 17.0. The van der Waals surface area contributed by atoms with E-state index in [4.69, 9.17) is 5.73 Å². The lowest BCUT2D eigenvalue weighted by Crippen LogP contribution is -2.45. The van der Waals surface area contributed by atoms with Crippen LogP contribution in [0.3, 0.4) is 0 Å². The van der Waals surface area contributed by atoms with Gasteiger partial charge in [0.25, 0.3) is 0 Å². The molecule has 8 heteroatoms. The van der Waals surface area contributed by atoms with Crippen LogP contribution in [0, 0.1) is 0 Å². The number of pyridine rings is 1. The lowest BCUT2D eigenvalue weighted by molar-refractivity contribution is -0.134. The second-order valence-corrected chi connectivity index (χ2v) is 4.38. The number of aromatic nitrogens is 1. The van der Waals surface area contributed by atoms with Crippen molar-refractivity contribution in [3.8, 4) is 0 Å². The van der Waals surface area contributed by atoms with Crippen LogP contribution in [0.4, 0.5) is 4.39 Å². The van der Waals surface area contributed by atoms with Crippen LogP contribution < -0.4 is 5.73 Å². The molecule has 2 unspecified atom stereocenters. The maximum Gasteiger partial charge on any atom is 0.226 e. The van der Waals surface area contributed by atoms with Crippen LogP contribution in [0.1, 0.15) is 24.5 Å². The number of carbonyl (C=O) groups excluding carboxylic acids is 1. The van der Waals surface area contributed by atoms with E-state index in [1.165, 1.54) is 4.90 Å². The molecule has 0 bridgehead atoms. The van der Waals surface area contributed by atoms with E-state index in [2.05, 4.69) is 4.98 Å². The van der Waals surface area contributed by atoms with Crippen molar-refractivity contribution in [2.45, 2.75) is 31.3 Å². The highest BCUT2D eigenvalue weighted by Gasteiger charge is 2.34. The zero-order valence-electron chi connectivity index (χ0n) is 10.7. The normalized spacial score (nSPS) is 22.6. The van der Waals surface area contributed by atoms with Gasteiger partial charge < -0.3 is 15.7 Å². The Kier molecular flexibility index (Phi) is 7.96. The molecule has 1 aliphatic rings. The van der Waals surface area contributed by atoms with Crippen LogP contribution in [0.2, 0.25) is 0 Å². The molecule has 1 aromatic heterocycles. The van der Waals surface area contributed by atoms with E-state index in [1.807, 2.05) is 0 Å². The van der Waals surface area contributed by atoms with Crippen LogP contribution in [-0.2, 0) is 4.79 Å². The SMILES string of the molecule is Cl.Cl.NC1[C@@H](F)CCN1C(=O)CC(O)c1ccncc1. The zero-order chi connectivity index (χ0) is 13.1. The van der Waals surface area contributed by atoms with Crippen LogP contribution in [0.5, 0.6) is 0 Å². The molecular formula is C12H18Cl2FN3O2. The van der Waals surface area contributed by atoms with Crippen LogP contribution in [0.15, 0.2) is 24.5 Å². The standard InChI is InChI=1S/C12H16FN3O2.2ClH/c13-9-3-6-16(12(9)14)11(18)7-10(17)8-1-4-15-5-2-8;;/h1-2,4-5,9-10,12,17H,3,6-7,14H2;2*1H/t9-,10?,12?;;/m0../s1. The molecule has 2 heterocycles. The molecule has 0 spiro atoms. The van der Waals surface area contributed by atoms with Gasteiger partial charge in [-0.25, -0.2) is 4.39 Å². The number of nitrogens with zero attached hydrogens (tertiary/aromatic N) is 2. The van der Waals surface area contributed by atoms with Gasteiger partial charge in [-0.15, -0.1) is 24.8 Å². The number of halogens is 3. The number of amides is 1. The Morgan fingerprint density at radius 2 is 2.10 bits per heavy atom. The van der Waals surface area contributed by atoms with Crippen LogP contribution in [0.25, 0.3) is 0 Å². The number of aliphatic hydroxyl groups excluding tert-OH is 1. The van der Waals surface area contributed by atoms with Gasteiger partial charge >= 0.3 is 0 Å². The molecule has 2 rings (SSSR count). The van der Waals surface area contributed by atoms with E-state index in [0.717, 1.165) is 0 Å². The molecule has 0 aliphatic carbocycles. The Hall–Kier alpha value is -0.950. The molecule has 1 amide bonds. The Balaban J connectivity index is 0.00000180. The minimum Gasteiger partial charge on any atom is -0.388 e. The summed E-state index contributed by atoms with van der Waals surface area (Å²) in [5, 5.41) is 9.89. The number of alkyl halides is 1. The predicted molar refractivity (Wildman–Crippen MR) is 77.5 cm³/mol. The minimum absolute atomic E-state index is 0. The first-order valence-electron chi connectivity index (χ1n) is 5.86. The summed E-state index contributed by atoms with van der Waals surface area (Å²) in [5.74, 6) is -0.327. The summed E-state index contributed by atoms with van der Waals surface area (Å²) in [6.07, 6.45) is 0.285. The van der Waals surface area contributed by atoms with Gasteiger partial charge in [0.05, 0.1) is 12.5 Å². The monoisotopic (exact) mass is 325 g/mol. The van der Waals surface area contributed by atoms with E-state index in [-0.39, 0.29) is 43.6 Å². The number of aliphatic hydroxyl groups is 1. The van der Waals surface area contributed by atoms with Gasteiger partial charge in [-0.3, -0.25) is 9.78 Å². The number of likely N-dealkylation sites (tertiary alicyclic amines) is 1. The topological polar surface area (TPSA) is 79.5 Å². The van der Waals surface area contributed by atoms with Crippen molar-refractivity contribution in [3.05, 3.63) is 30.1 Å². The average molecular weight is 326 g/mol. The van der Waals surface area contributed by atoms with Crippen molar-refractivity contribution < 1.29 is 14.3 Å². The second-order valence-electron chi connectivity index (χ2n) is 4.38. The fourth-order valence-corrected chi connectivity index (χ4v) is 2.05. The first kappa shape index (κ1) is 19.1. The van der Waals surface area contributed by atoms with Gasteiger partial charge in [-0.05, 0) is 24.1 Å². The van der Waals surface area contributed by atoms with Crippen molar-refractivity contribution in [1.29, 1.82) is 0 Å². The Morgan fingerprint density at radius 1 is 1.50 bits per heavy atom. The van der Waals surface area contributed by atoms with Gasteiger partial charge in [0.2, 0.25) is 5.91 Å². The predicted octanol–water partition coefficient (Wildman–Crippen LogP) is 1.20. The molecule has 1 aliphatic heterocycles. The van der Waals surface area contributed by atoms with Gasteiger partial charge in [-0.2, -0.15) is 0 Å². The van der Waals surface area contributed by atoms with E-state index in [1.54, 1.807) is 24.5 Å². The van der Waals surface area contributed by atoms with Crippen molar-refractivity contribution >= 4 is 30.7 Å². The molecule has 1 aromatic rings. The first-order chi connectivity index (χ1) is 8.59. The summed E-state index contributed by atoms with van der Waals surface area (Å²) in [5.41, 5.74) is 6.19. The molecule has 0 aromatic carbocycles. The van der Waals surface area contributed by atoms with Gasteiger partial charge in [0, 0.05) is 18.9 Å². The molecule has 5 nitrogen and oxygen atoms in total. The summed E-state index contributed by atoms with van der Waals surface area (Å²) >= 11 is 0. The van der Waals surface area contributed by atoms with Crippen LogP contribution >= 0.6 is 24.8 Å². The lowest BCUT2D eigenvalue weighted by Gasteiger charge is -2.23. The van der Waals surface area contributed by atoms with Gasteiger partial charge in [0.1, 0.15) is 12.3 Å². The maximum atomic E-state index is 13.2. The Morgan fingerprint density at radius 3 is 2.60 bits per heavy atom. The molecule has 1 fully saturated rings. The Bertz CT molecular complexity index is 424. The molecule has 20 heavy (non-hydrogen) atoms. The highest BCUT2D eigenvalue weighted by atomic mass is 35.5. The highest BCUT2D eigenvalue weighted by molar-refractivity contribution is 5.85. The van der Waals surface area contributed by atoms with Crippen molar-refractivity contribution in [1.82, 2.24) is 9.88 Å². The molecule has 114 valence electrons. The minimum atomic E-state index is -1.17.